The molecule has 1 unspecified atom stereocenters. The van der Waals surface area contributed by atoms with E-state index in [2.05, 4.69) is 5.32 Å². The van der Waals surface area contributed by atoms with Gasteiger partial charge in [-0.15, -0.1) is 11.3 Å². The summed E-state index contributed by atoms with van der Waals surface area (Å²) in [6.45, 7) is 0.736. The highest BCUT2D eigenvalue weighted by Gasteiger charge is 2.35. The second-order valence-corrected chi connectivity index (χ2v) is 9.37. The summed E-state index contributed by atoms with van der Waals surface area (Å²) in [6.07, 6.45) is 2.52. The Bertz CT molecular complexity index is 836. The molecule has 3 rings (SSSR count). The number of sulfonamides is 1. The first-order valence-electron chi connectivity index (χ1n) is 8.53. The summed E-state index contributed by atoms with van der Waals surface area (Å²) in [5.74, 6) is -0.524. The van der Waals surface area contributed by atoms with Crippen molar-refractivity contribution in [3.63, 3.8) is 0 Å². The minimum atomic E-state index is -3.56. The summed E-state index contributed by atoms with van der Waals surface area (Å²) in [4.78, 5) is 12.3. The van der Waals surface area contributed by atoms with E-state index in [0.29, 0.717) is 23.7 Å². The maximum Gasteiger partial charge on any atom is 0.252 e. The fourth-order valence-electron chi connectivity index (χ4n) is 3.11. The maximum absolute atomic E-state index is 12.9. The number of rotatable bonds is 6. The molecule has 1 atom stereocenters. The molecule has 1 N–H and O–H groups in total. The van der Waals surface area contributed by atoms with Crippen molar-refractivity contribution in [3.05, 3.63) is 53.2 Å². The van der Waals surface area contributed by atoms with Crippen molar-refractivity contribution >= 4 is 27.3 Å². The van der Waals surface area contributed by atoms with Gasteiger partial charge in [-0.05, 0) is 42.0 Å². The van der Waals surface area contributed by atoms with Crippen LogP contribution >= 0.6 is 11.3 Å². The number of thiophene rings is 1. The van der Waals surface area contributed by atoms with E-state index in [0.717, 1.165) is 18.4 Å². The standard InChI is InChI=1S/C18H21FN2O3S2/c19-15-8-6-14(7-9-15)13-20-17(22)12-16-4-1-2-10-21(16)26(23,24)18-5-3-11-25-18/h3,5-9,11,16H,1-2,4,10,12-13H2,(H,20,22). The zero-order chi connectivity index (χ0) is 18.6. The predicted molar refractivity (Wildman–Crippen MR) is 98.7 cm³/mol. The quantitative estimate of drug-likeness (QED) is 0.816. The Hall–Kier alpha value is -1.77. The SMILES string of the molecule is O=C(CC1CCCCN1S(=O)(=O)c1cccs1)NCc1ccc(F)cc1. The summed E-state index contributed by atoms with van der Waals surface area (Å²) in [5, 5.41) is 4.53. The number of benzene rings is 1. The van der Waals surface area contributed by atoms with E-state index in [-0.39, 0.29) is 24.2 Å². The molecule has 2 heterocycles. The van der Waals surface area contributed by atoms with Gasteiger partial charge >= 0.3 is 0 Å². The van der Waals surface area contributed by atoms with Crippen LogP contribution in [-0.4, -0.2) is 31.2 Å². The Morgan fingerprint density at radius 2 is 2.00 bits per heavy atom. The van der Waals surface area contributed by atoms with Crippen LogP contribution in [-0.2, 0) is 21.4 Å². The molecule has 140 valence electrons. The van der Waals surface area contributed by atoms with E-state index in [4.69, 9.17) is 0 Å². The maximum atomic E-state index is 12.9. The van der Waals surface area contributed by atoms with E-state index in [9.17, 15) is 17.6 Å². The minimum absolute atomic E-state index is 0.131. The van der Waals surface area contributed by atoms with Crippen LogP contribution in [0.25, 0.3) is 0 Å². The molecule has 2 aromatic rings. The van der Waals surface area contributed by atoms with Gasteiger partial charge in [0.2, 0.25) is 5.91 Å². The largest absolute Gasteiger partial charge is 0.352 e. The molecule has 0 aliphatic carbocycles. The van der Waals surface area contributed by atoms with Crippen LogP contribution in [0.2, 0.25) is 0 Å². The van der Waals surface area contributed by atoms with E-state index >= 15 is 0 Å². The average molecular weight is 397 g/mol. The van der Waals surface area contributed by atoms with Crippen LogP contribution in [0, 0.1) is 5.82 Å². The van der Waals surface area contributed by atoms with Crippen LogP contribution in [0.15, 0.2) is 46.0 Å². The van der Waals surface area contributed by atoms with Crippen molar-refractivity contribution in [1.82, 2.24) is 9.62 Å². The van der Waals surface area contributed by atoms with Crippen molar-refractivity contribution in [1.29, 1.82) is 0 Å². The Morgan fingerprint density at radius 3 is 2.69 bits per heavy atom. The molecule has 8 heteroatoms. The molecule has 0 radical (unpaired) electrons. The second-order valence-electron chi connectivity index (χ2n) is 6.30. The van der Waals surface area contributed by atoms with Gasteiger partial charge in [-0.1, -0.05) is 24.6 Å². The zero-order valence-corrected chi connectivity index (χ0v) is 15.9. The average Bonchev–Trinajstić information content (AvgIpc) is 3.17. The molecule has 1 fully saturated rings. The third kappa shape index (κ3) is 4.49. The zero-order valence-electron chi connectivity index (χ0n) is 14.2. The Morgan fingerprint density at radius 1 is 1.23 bits per heavy atom. The topological polar surface area (TPSA) is 66.5 Å². The van der Waals surface area contributed by atoms with E-state index in [1.807, 2.05) is 0 Å². The third-order valence-electron chi connectivity index (χ3n) is 4.46. The molecule has 1 amide bonds. The molecule has 0 saturated carbocycles. The number of hydrogen-bond acceptors (Lipinski definition) is 4. The molecule has 26 heavy (non-hydrogen) atoms. The normalized spacial score (nSPS) is 18.6. The van der Waals surface area contributed by atoms with E-state index in [1.165, 1.54) is 27.8 Å². The van der Waals surface area contributed by atoms with E-state index in [1.54, 1.807) is 29.6 Å². The highest BCUT2D eigenvalue weighted by atomic mass is 32.2. The lowest BCUT2D eigenvalue weighted by molar-refractivity contribution is -0.122. The predicted octanol–water partition coefficient (Wildman–Crippen LogP) is 3.14. The summed E-state index contributed by atoms with van der Waals surface area (Å²) in [5.41, 5.74) is 0.798. The Labute approximate surface area is 156 Å². The van der Waals surface area contributed by atoms with Gasteiger partial charge in [0, 0.05) is 25.6 Å². The number of nitrogens with zero attached hydrogens (tertiary/aromatic N) is 1. The smallest absolute Gasteiger partial charge is 0.252 e. The lowest BCUT2D eigenvalue weighted by Gasteiger charge is -2.34. The van der Waals surface area contributed by atoms with Crippen molar-refractivity contribution < 1.29 is 17.6 Å². The van der Waals surface area contributed by atoms with Crippen molar-refractivity contribution in [2.75, 3.05) is 6.54 Å². The molecule has 1 saturated heterocycles. The van der Waals surface area contributed by atoms with Gasteiger partial charge in [0.25, 0.3) is 10.0 Å². The van der Waals surface area contributed by atoms with Crippen LogP contribution in [0.4, 0.5) is 4.39 Å². The lowest BCUT2D eigenvalue weighted by Crippen LogP contribution is -2.45. The van der Waals surface area contributed by atoms with Gasteiger partial charge in [0.15, 0.2) is 0 Å². The number of carbonyl (C=O) groups is 1. The van der Waals surface area contributed by atoms with Gasteiger partial charge < -0.3 is 5.32 Å². The monoisotopic (exact) mass is 396 g/mol. The van der Waals surface area contributed by atoms with E-state index < -0.39 is 10.0 Å². The first-order valence-corrected chi connectivity index (χ1v) is 10.9. The van der Waals surface area contributed by atoms with Crippen LogP contribution in [0.1, 0.15) is 31.2 Å². The summed E-state index contributed by atoms with van der Waals surface area (Å²) >= 11 is 1.19. The minimum Gasteiger partial charge on any atom is -0.352 e. The number of nitrogens with one attached hydrogen (secondary N) is 1. The van der Waals surface area contributed by atoms with Gasteiger partial charge in [0.1, 0.15) is 10.0 Å². The number of amides is 1. The van der Waals surface area contributed by atoms with Crippen LogP contribution in [0.5, 0.6) is 0 Å². The van der Waals surface area contributed by atoms with Crippen molar-refractivity contribution in [2.24, 2.45) is 0 Å². The summed E-state index contributed by atoms with van der Waals surface area (Å²) in [6, 6.07) is 8.90. The summed E-state index contributed by atoms with van der Waals surface area (Å²) < 4.78 is 40.3. The Balaban J connectivity index is 1.63. The van der Waals surface area contributed by atoms with Crippen LogP contribution < -0.4 is 5.32 Å². The second kappa shape index (κ2) is 8.28. The lowest BCUT2D eigenvalue weighted by atomic mass is 10.0. The third-order valence-corrected chi connectivity index (χ3v) is 7.78. The number of carbonyl (C=O) groups excluding carboxylic acids is 1. The molecule has 5 nitrogen and oxygen atoms in total. The fourth-order valence-corrected chi connectivity index (χ4v) is 5.92. The highest BCUT2D eigenvalue weighted by Crippen LogP contribution is 2.29. The Kier molecular flexibility index (Phi) is 6.05. The van der Waals surface area contributed by atoms with Crippen LogP contribution in [0.3, 0.4) is 0 Å². The summed E-state index contributed by atoms with van der Waals surface area (Å²) in [7, 11) is -3.56. The fraction of sp³-hybridized carbons (Fsp3) is 0.389. The molecule has 0 spiro atoms. The number of halogens is 1. The van der Waals surface area contributed by atoms with Gasteiger partial charge in [-0.3, -0.25) is 4.79 Å². The molecule has 1 aliphatic heterocycles. The molecular formula is C18H21FN2O3S2. The number of piperidine rings is 1. The first-order chi connectivity index (χ1) is 12.5. The van der Waals surface area contributed by atoms with Crippen molar-refractivity contribution in [3.8, 4) is 0 Å². The number of hydrogen-bond donors (Lipinski definition) is 1. The van der Waals surface area contributed by atoms with Gasteiger partial charge in [-0.2, -0.15) is 4.31 Å². The molecule has 1 aliphatic rings. The molecule has 1 aromatic heterocycles. The van der Waals surface area contributed by atoms with Crippen molar-refractivity contribution in [2.45, 2.75) is 42.5 Å². The molecular weight excluding hydrogens is 375 g/mol. The van der Waals surface area contributed by atoms with Gasteiger partial charge in [0.05, 0.1) is 0 Å². The van der Waals surface area contributed by atoms with Gasteiger partial charge in [-0.25, -0.2) is 12.8 Å². The molecule has 1 aromatic carbocycles. The molecule has 0 bridgehead atoms. The highest BCUT2D eigenvalue weighted by molar-refractivity contribution is 7.91. The first kappa shape index (κ1) is 19.0.